The quantitative estimate of drug-likeness (QED) is 0.301. The average molecular weight is 517 g/mol. The van der Waals surface area contributed by atoms with Crippen LogP contribution in [0.15, 0.2) is 62.3 Å². The van der Waals surface area contributed by atoms with Gasteiger partial charge in [-0.05, 0) is 53.5 Å². The number of ether oxygens (including phenoxy) is 1. The van der Waals surface area contributed by atoms with E-state index in [9.17, 15) is 4.79 Å². The first kappa shape index (κ1) is 20.1. The van der Waals surface area contributed by atoms with E-state index < -0.39 is 0 Å². The second-order valence-corrected chi connectivity index (χ2v) is 8.15. The van der Waals surface area contributed by atoms with Crippen LogP contribution >= 0.6 is 15.9 Å². The molecule has 5 rings (SSSR count). The molecule has 0 bridgehead atoms. The van der Waals surface area contributed by atoms with E-state index in [1.54, 1.807) is 0 Å². The first-order chi connectivity index (χ1) is 13.5. The Morgan fingerprint density at radius 3 is 2.72 bits per heavy atom. The number of hydrogen-bond donors (Lipinski definition) is 0. The van der Waals surface area contributed by atoms with E-state index in [2.05, 4.69) is 69.2 Å². The van der Waals surface area contributed by atoms with Gasteiger partial charge in [0.25, 0.3) is 0 Å². The summed E-state index contributed by atoms with van der Waals surface area (Å²) >= 11 is 3.36. The Hall–Kier alpha value is -2.18. The van der Waals surface area contributed by atoms with Gasteiger partial charge >= 0.3 is 5.63 Å². The Morgan fingerprint density at radius 2 is 1.90 bits per heavy atom. The fourth-order valence-corrected chi connectivity index (χ4v) is 4.46. The van der Waals surface area contributed by atoms with Gasteiger partial charge in [-0.3, -0.25) is 0 Å². The minimum Gasteiger partial charge on any atom is -1.00 e. The standard InChI is InChI=1S/C23H19BrNO3.BrH/c1-13-17-10-18-16(11-25-9-5-7-15-6-3-4-8-19(15)25)12-27-21(18)14(2)22(17)28-23(26)20(13)24;/h3-10,16H,11-12H2,1-2H3;1H/q+1;/p-1. The number of para-hydroxylation sites is 1. The molecule has 0 saturated carbocycles. The second kappa shape index (κ2) is 7.58. The first-order valence-corrected chi connectivity index (χ1v) is 10.1. The highest BCUT2D eigenvalue weighted by Gasteiger charge is 2.31. The summed E-state index contributed by atoms with van der Waals surface area (Å²) in [5.41, 5.74) is 4.44. The van der Waals surface area contributed by atoms with Gasteiger partial charge in [-0.25, -0.2) is 4.79 Å². The van der Waals surface area contributed by atoms with Gasteiger partial charge in [-0.1, -0.05) is 12.1 Å². The molecule has 3 heterocycles. The molecule has 148 valence electrons. The highest BCUT2D eigenvalue weighted by atomic mass is 79.9. The van der Waals surface area contributed by atoms with Gasteiger partial charge in [0.1, 0.15) is 22.4 Å². The van der Waals surface area contributed by atoms with Gasteiger partial charge in [-0.2, -0.15) is 4.57 Å². The summed E-state index contributed by atoms with van der Waals surface area (Å²) in [7, 11) is 0. The maximum absolute atomic E-state index is 12.1. The van der Waals surface area contributed by atoms with Crippen LogP contribution in [0.4, 0.5) is 0 Å². The van der Waals surface area contributed by atoms with Crippen LogP contribution < -0.4 is 31.9 Å². The fraction of sp³-hybridized carbons (Fsp3) is 0.217. The molecule has 4 nitrogen and oxygen atoms in total. The number of benzene rings is 2. The highest BCUT2D eigenvalue weighted by molar-refractivity contribution is 9.10. The van der Waals surface area contributed by atoms with Gasteiger partial charge in [0, 0.05) is 34.0 Å². The predicted molar refractivity (Wildman–Crippen MR) is 112 cm³/mol. The number of nitrogens with zero attached hydrogens (tertiary/aromatic N) is 1. The fourth-order valence-electron chi connectivity index (χ4n) is 4.16. The van der Waals surface area contributed by atoms with Crippen molar-refractivity contribution in [3.05, 3.63) is 80.2 Å². The minimum absolute atomic E-state index is 0. The van der Waals surface area contributed by atoms with Crippen molar-refractivity contribution in [1.29, 1.82) is 0 Å². The van der Waals surface area contributed by atoms with Crippen LogP contribution in [0.2, 0.25) is 0 Å². The molecule has 0 aliphatic carbocycles. The molecule has 0 spiro atoms. The molecule has 0 fully saturated rings. The monoisotopic (exact) mass is 515 g/mol. The van der Waals surface area contributed by atoms with Crippen molar-refractivity contribution in [2.75, 3.05) is 6.61 Å². The Bertz CT molecular complexity index is 1310. The molecule has 29 heavy (non-hydrogen) atoms. The Kier molecular flexibility index (Phi) is 5.25. The molecular weight excluding hydrogens is 498 g/mol. The number of fused-ring (bicyclic) bond motifs is 3. The molecule has 4 aromatic rings. The maximum Gasteiger partial charge on any atom is 0.350 e. The second-order valence-electron chi connectivity index (χ2n) is 7.35. The highest BCUT2D eigenvalue weighted by Crippen LogP contribution is 2.42. The van der Waals surface area contributed by atoms with E-state index in [0.717, 1.165) is 28.8 Å². The smallest absolute Gasteiger partial charge is 0.350 e. The molecule has 1 aliphatic heterocycles. The van der Waals surface area contributed by atoms with E-state index in [4.69, 9.17) is 9.15 Å². The molecule has 6 heteroatoms. The van der Waals surface area contributed by atoms with Crippen molar-refractivity contribution in [3.63, 3.8) is 0 Å². The molecule has 0 radical (unpaired) electrons. The van der Waals surface area contributed by atoms with Crippen LogP contribution in [0, 0.1) is 13.8 Å². The normalized spacial score (nSPS) is 15.2. The molecule has 1 atom stereocenters. The van der Waals surface area contributed by atoms with Crippen molar-refractivity contribution >= 4 is 37.8 Å². The molecule has 2 aromatic heterocycles. The van der Waals surface area contributed by atoms with Gasteiger partial charge in [0.05, 0.1) is 5.92 Å². The lowest BCUT2D eigenvalue weighted by molar-refractivity contribution is -0.674. The van der Waals surface area contributed by atoms with Gasteiger partial charge in [0.2, 0.25) is 5.52 Å². The van der Waals surface area contributed by atoms with Gasteiger partial charge in [-0.15, -0.1) is 0 Å². The molecule has 1 aliphatic rings. The van der Waals surface area contributed by atoms with Crippen molar-refractivity contribution in [1.82, 2.24) is 0 Å². The lowest BCUT2D eigenvalue weighted by Crippen LogP contribution is -3.00. The maximum atomic E-state index is 12.1. The molecule has 2 aromatic carbocycles. The van der Waals surface area contributed by atoms with Crippen LogP contribution in [-0.4, -0.2) is 6.61 Å². The molecule has 0 amide bonds. The van der Waals surface area contributed by atoms with Crippen LogP contribution in [0.5, 0.6) is 5.75 Å². The third-order valence-electron chi connectivity index (χ3n) is 5.67. The van der Waals surface area contributed by atoms with Gasteiger partial charge < -0.3 is 26.1 Å². The summed E-state index contributed by atoms with van der Waals surface area (Å²) in [4.78, 5) is 12.1. The van der Waals surface area contributed by atoms with E-state index in [1.807, 2.05) is 13.8 Å². The number of pyridine rings is 1. The van der Waals surface area contributed by atoms with Crippen molar-refractivity contribution in [3.8, 4) is 5.75 Å². The number of hydrogen-bond acceptors (Lipinski definition) is 3. The number of rotatable bonds is 2. The lowest BCUT2D eigenvalue weighted by Gasteiger charge is -2.11. The summed E-state index contributed by atoms with van der Waals surface area (Å²) in [6.07, 6.45) is 2.12. The van der Waals surface area contributed by atoms with E-state index in [1.165, 1.54) is 16.5 Å². The molecule has 0 saturated heterocycles. The minimum atomic E-state index is -0.353. The van der Waals surface area contributed by atoms with E-state index in [0.29, 0.717) is 16.7 Å². The SMILES string of the molecule is Cc1c(Br)c(=O)oc2c(C)c3c(cc12)C(C[n+]1cccc2ccccc21)CO3.[Br-]. The van der Waals surface area contributed by atoms with Crippen LogP contribution in [-0.2, 0) is 6.54 Å². The van der Waals surface area contributed by atoms with Crippen molar-refractivity contribution in [2.45, 2.75) is 26.3 Å². The van der Waals surface area contributed by atoms with E-state index in [-0.39, 0.29) is 28.5 Å². The zero-order valence-corrected chi connectivity index (χ0v) is 19.2. The Labute approximate surface area is 187 Å². The summed E-state index contributed by atoms with van der Waals surface area (Å²) in [6.45, 7) is 5.35. The summed E-state index contributed by atoms with van der Waals surface area (Å²) < 4.78 is 14.4. The van der Waals surface area contributed by atoms with E-state index >= 15 is 0 Å². The Morgan fingerprint density at radius 1 is 1.14 bits per heavy atom. The third kappa shape index (κ3) is 3.19. The number of halogens is 2. The number of aryl methyl sites for hydroxylation is 2. The summed E-state index contributed by atoms with van der Waals surface area (Å²) in [6, 6.07) is 14.7. The molecule has 1 unspecified atom stereocenters. The van der Waals surface area contributed by atoms with Crippen molar-refractivity contribution < 1.29 is 30.7 Å². The van der Waals surface area contributed by atoms with Gasteiger partial charge in [0.15, 0.2) is 12.7 Å². The first-order valence-electron chi connectivity index (χ1n) is 9.31. The van der Waals surface area contributed by atoms with Crippen LogP contribution in [0.3, 0.4) is 0 Å². The van der Waals surface area contributed by atoms with Crippen LogP contribution in [0.1, 0.15) is 22.6 Å². The van der Waals surface area contributed by atoms with Crippen molar-refractivity contribution in [2.24, 2.45) is 0 Å². The lowest BCUT2D eigenvalue weighted by atomic mass is 9.95. The zero-order valence-electron chi connectivity index (χ0n) is 16.0. The molecule has 0 N–H and O–H groups in total. The van der Waals surface area contributed by atoms with Crippen LogP contribution in [0.25, 0.3) is 21.9 Å². The average Bonchev–Trinajstić information content (AvgIpc) is 3.11. The topological polar surface area (TPSA) is 43.3 Å². The largest absolute Gasteiger partial charge is 1.00 e. The summed E-state index contributed by atoms with van der Waals surface area (Å²) in [5.74, 6) is 1.09. The molecular formula is C23H19Br2NO3. The predicted octanol–water partition coefficient (Wildman–Crippen LogP) is 1.79. The number of aromatic nitrogens is 1. The zero-order chi connectivity index (χ0) is 19.4. The summed E-state index contributed by atoms with van der Waals surface area (Å²) in [5, 5.41) is 2.18. The Balaban J connectivity index is 0.00000205. The third-order valence-corrected chi connectivity index (χ3v) is 6.59.